The molecule has 1 heterocycles. The van der Waals surface area contributed by atoms with Gasteiger partial charge in [0, 0.05) is 25.0 Å². The molecule has 0 bridgehead atoms. The minimum Gasteiger partial charge on any atom is -0.396 e. The lowest BCUT2D eigenvalue weighted by Crippen LogP contribution is -2.38. The molecule has 4 nitrogen and oxygen atoms in total. The quantitative estimate of drug-likeness (QED) is 0.758. The average Bonchev–Trinajstić information content (AvgIpc) is 3.06. The molecule has 1 amide bonds. The van der Waals surface area contributed by atoms with E-state index >= 15 is 0 Å². The molecule has 2 aliphatic rings. The van der Waals surface area contributed by atoms with Crippen LogP contribution in [0.3, 0.4) is 0 Å². The third-order valence-corrected chi connectivity index (χ3v) is 4.38. The van der Waals surface area contributed by atoms with Crippen LogP contribution in [0.25, 0.3) is 0 Å². The molecule has 1 unspecified atom stereocenters. The Kier molecular flexibility index (Phi) is 5.01. The van der Waals surface area contributed by atoms with Gasteiger partial charge in [0.2, 0.25) is 5.91 Å². The highest BCUT2D eigenvalue weighted by atomic mass is 16.5. The number of hydrogen-bond donors (Lipinski definition) is 2. The Morgan fingerprint density at radius 2 is 2.11 bits per heavy atom. The lowest BCUT2D eigenvalue weighted by Gasteiger charge is -2.26. The fourth-order valence-corrected chi connectivity index (χ4v) is 3.05. The van der Waals surface area contributed by atoms with E-state index in [1.165, 1.54) is 12.8 Å². The topological polar surface area (TPSA) is 58.6 Å². The van der Waals surface area contributed by atoms with Crippen molar-refractivity contribution in [2.24, 2.45) is 5.41 Å². The third kappa shape index (κ3) is 3.69. The van der Waals surface area contributed by atoms with Crippen LogP contribution in [0.1, 0.15) is 51.4 Å². The molecule has 4 heteroatoms. The summed E-state index contributed by atoms with van der Waals surface area (Å²) in [5, 5.41) is 12.4. The van der Waals surface area contributed by atoms with Gasteiger partial charge in [-0.2, -0.15) is 0 Å². The molecule has 0 radical (unpaired) electrons. The SMILES string of the molecule is O=C(CCC1CCCO1)NCC1(CO)CCCC1. The standard InChI is InChI=1S/C14H25NO3/c16-11-14(7-1-2-8-14)10-15-13(17)6-5-12-4-3-9-18-12/h12,16H,1-11H2,(H,15,17). The third-order valence-electron chi connectivity index (χ3n) is 4.38. The largest absolute Gasteiger partial charge is 0.396 e. The summed E-state index contributed by atoms with van der Waals surface area (Å²) in [6.45, 7) is 1.67. The normalized spacial score (nSPS) is 26.4. The smallest absolute Gasteiger partial charge is 0.220 e. The summed E-state index contributed by atoms with van der Waals surface area (Å²) in [6, 6.07) is 0. The molecule has 1 atom stereocenters. The Hall–Kier alpha value is -0.610. The van der Waals surface area contributed by atoms with Crippen LogP contribution in [-0.2, 0) is 9.53 Å². The molecule has 18 heavy (non-hydrogen) atoms. The van der Waals surface area contributed by atoms with Gasteiger partial charge in [-0.15, -0.1) is 0 Å². The Labute approximate surface area is 109 Å². The lowest BCUT2D eigenvalue weighted by molar-refractivity contribution is -0.122. The van der Waals surface area contributed by atoms with Crippen LogP contribution in [-0.4, -0.2) is 36.9 Å². The van der Waals surface area contributed by atoms with Crippen molar-refractivity contribution in [1.29, 1.82) is 0 Å². The molecule has 1 saturated heterocycles. The first-order valence-corrected chi connectivity index (χ1v) is 7.23. The van der Waals surface area contributed by atoms with Crippen molar-refractivity contribution in [3.63, 3.8) is 0 Å². The molecule has 0 aromatic heterocycles. The summed E-state index contributed by atoms with van der Waals surface area (Å²) < 4.78 is 5.50. The van der Waals surface area contributed by atoms with E-state index in [1.807, 2.05) is 0 Å². The van der Waals surface area contributed by atoms with Crippen molar-refractivity contribution in [3.05, 3.63) is 0 Å². The van der Waals surface area contributed by atoms with Crippen molar-refractivity contribution in [3.8, 4) is 0 Å². The van der Waals surface area contributed by atoms with Gasteiger partial charge in [0.25, 0.3) is 0 Å². The first kappa shape index (κ1) is 13.8. The number of carbonyl (C=O) groups is 1. The zero-order valence-electron chi connectivity index (χ0n) is 11.1. The van der Waals surface area contributed by atoms with Crippen molar-refractivity contribution in [1.82, 2.24) is 5.32 Å². The molecule has 2 fully saturated rings. The molecular formula is C14H25NO3. The van der Waals surface area contributed by atoms with Gasteiger partial charge >= 0.3 is 0 Å². The molecule has 2 rings (SSSR count). The van der Waals surface area contributed by atoms with Gasteiger partial charge in [-0.1, -0.05) is 12.8 Å². The number of hydrogen-bond acceptors (Lipinski definition) is 3. The predicted octanol–water partition coefficient (Wildman–Crippen LogP) is 1.61. The number of aliphatic hydroxyl groups excluding tert-OH is 1. The van der Waals surface area contributed by atoms with Crippen LogP contribution in [0, 0.1) is 5.41 Å². The van der Waals surface area contributed by atoms with Crippen LogP contribution in [0.4, 0.5) is 0 Å². The maximum atomic E-state index is 11.8. The van der Waals surface area contributed by atoms with Crippen LogP contribution in [0.15, 0.2) is 0 Å². The summed E-state index contributed by atoms with van der Waals surface area (Å²) >= 11 is 0. The Balaban J connectivity index is 1.64. The predicted molar refractivity (Wildman–Crippen MR) is 69.2 cm³/mol. The van der Waals surface area contributed by atoms with Gasteiger partial charge in [-0.25, -0.2) is 0 Å². The van der Waals surface area contributed by atoms with E-state index in [-0.39, 0.29) is 24.0 Å². The van der Waals surface area contributed by atoms with Crippen LogP contribution < -0.4 is 5.32 Å². The van der Waals surface area contributed by atoms with Gasteiger partial charge in [-0.3, -0.25) is 4.79 Å². The zero-order chi connectivity index (χ0) is 12.8. The minimum atomic E-state index is -0.0421. The monoisotopic (exact) mass is 255 g/mol. The fourth-order valence-electron chi connectivity index (χ4n) is 3.05. The molecule has 0 aromatic carbocycles. The second-order valence-electron chi connectivity index (χ2n) is 5.82. The summed E-state index contributed by atoms with van der Waals surface area (Å²) in [5.74, 6) is 0.102. The number of rotatable bonds is 6. The molecule has 104 valence electrons. The molecule has 0 aromatic rings. The van der Waals surface area contributed by atoms with E-state index in [1.54, 1.807) is 0 Å². The Bertz CT molecular complexity index is 268. The number of carbonyl (C=O) groups excluding carboxylic acids is 1. The van der Waals surface area contributed by atoms with Gasteiger partial charge < -0.3 is 15.2 Å². The minimum absolute atomic E-state index is 0.0421. The molecular weight excluding hydrogens is 230 g/mol. The summed E-state index contributed by atoms with van der Waals surface area (Å²) in [7, 11) is 0. The number of amides is 1. The fraction of sp³-hybridized carbons (Fsp3) is 0.929. The van der Waals surface area contributed by atoms with Gasteiger partial charge in [0.05, 0.1) is 12.7 Å². The highest BCUT2D eigenvalue weighted by Gasteiger charge is 2.33. The molecule has 1 saturated carbocycles. The van der Waals surface area contributed by atoms with E-state index in [4.69, 9.17) is 4.74 Å². The maximum Gasteiger partial charge on any atom is 0.220 e. The zero-order valence-corrected chi connectivity index (χ0v) is 11.1. The van der Waals surface area contributed by atoms with Crippen molar-refractivity contribution in [2.75, 3.05) is 19.8 Å². The molecule has 1 aliphatic carbocycles. The second kappa shape index (κ2) is 6.53. The Morgan fingerprint density at radius 3 is 2.72 bits per heavy atom. The van der Waals surface area contributed by atoms with Gasteiger partial charge in [-0.05, 0) is 32.1 Å². The summed E-state index contributed by atoms with van der Waals surface area (Å²) in [6.07, 6.45) is 8.30. The van der Waals surface area contributed by atoms with Crippen molar-refractivity contribution >= 4 is 5.91 Å². The van der Waals surface area contributed by atoms with E-state index in [0.717, 1.165) is 38.7 Å². The summed E-state index contributed by atoms with van der Waals surface area (Å²) in [4.78, 5) is 11.8. The highest BCUT2D eigenvalue weighted by molar-refractivity contribution is 5.75. The molecule has 1 aliphatic heterocycles. The number of nitrogens with one attached hydrogen (secondary N) is 1. The van der Waals surface area contributed by atoms with E-state index in [2.05, 4.69) is 5.32 Å². The first-order valence-electron chi connectivity index (χ1n) is 7.23. The number of ether oxygens (including phenoxy) is 1. The maximum absolute atomic E-state index is 11.8. The van der Waals surface area contributed by atoms with Crippen LogP contribution in [0.2, 0.25) is 0 Å². The van der Waals surface area contributed by atoms with Gasteiger partial charge in [0.1, 0.15) is 0 Å². The number of aliphatic hydroxyl groups is 1. The van der Waals surface area contributed by atoms with E-state index in [9.17, 15) is 9.90 Å². The summed E-state index contributed by atoms with van der Waals surface area (Å²) in [5.41, 5.74) is -0.0421. The van der Waals surface area contributed by atoms with Crippen LogP contribution in [0.5, 0.6) is 0 Å². The second-order valence-corrected chi connectivity index (χ2v) is 5.82. The van der Waals surface area contributed by atoms with Crippen molar-refractivity contribution < 1.29 is 14.6 Å². The highest BCUT2D eigenvalue weighted by Crippen LogP contribution is 2.36. The van der Waals surface area contributed by atoms with Crippen molar-refractivity contribution in [2.45, 2.75) is 57.5 Å². The van der Waals surface area contributed by atoms with Crippen LogP contribution >= 0.6 is 0 Å². The first-order chi connectivity index (χ1) is 8.74. The van der Waals surface area contributed by atoms with E-state index in [0.29, 0.717) is 13.0 Å². The average molecular weight is 255 g/mol. The Morgan fingerprint density at radius 1 is 1.33 bits per heavy atom. The van der Waals surface area contributed by atoms with Gasteiger partial charge in [0.15, 0.2) is 0 Å². The molecule has 2 N–H and O–H groups in total. The van der Waals surface area contributed by atoms with E-state index < -0.39 is 0 Å². The molecule has 0 spiro atoms. The lowest BCUT2D eigenvalue weighted by atomic mass is 9.87.